The van der Waals surface area contributed by atoms with E-state index in [0.29, 0.717) is 0 Å². The Labute approximate surface area is 48.0 Å². The molecule has 0 heterocycles. The lowest BCUT2D eigenvalue weighted by molar-refractivity contribution is 0.779. The molecule has 0 fully saturated rings. The average Bonchev–Trinajstić information content (AvgIpc) is 1.61. The Kier molecular flexibility index (Phi) is 14.3. The number of hydrogen-bond acceptors (Lipinski definition) is 0. The molecule has 0 aromatic heterocycles. The Morgan fingerprint density at radius 1 is 1.29 bits per heavy atom. The minimum absolute atomic E-state index is 0. The molecule has 0 aliphatic heterocycles. The van der Waals surface area contributed by atoms with Gasteiger partial charge in [0, 0.05) is 0 Å². The third kappa shape index (κ3) is 10.7. The molecule has 0 rings (SSSR count). The van der Waals surface area contributed by atoms with E-state index in [9.17, 15) is 0 Å². The number of unbranched alkanes of at least 4 members (excludes halogenated alkanes) is 2. The molecule has 0 saturated carbocycles. The van der Waals surface area contributed by atoms with E-state index in [-0.39, 0.29) is 5.48 Å². The molecule has 0 bridgehead atoms. The monoisotopic (exact) mass is 122 g/mol. The van der Waals surface area contributed by atoms with Crippen molar-refractivity contribution in [1.82, 2.24) is 0 Å². The summed E-state index contributed by atoms with van der Waals surface area (Å²) in [6.07, 6.45) is 5.38. The van der Waals surface area contributed by atoms with Crippen molar-refractivity contribution in [2.24, 2.45) is 0 Å². The van der Waals surface area contributed by atoms with Gasteiger partial charge in [-0.3, -0.25) is 0 Å². The summed E-state index contributed by atoms with van der Waals surface area (Å²) in [5, 5.41) is 0. The largest absolute Gasteiger partial charge is 0.412 e. The molecule has 0 aromatic rings. The van der Waals surface area contributed by atoms with Crippen LogP contribution >= 0.6 is 9.24 Å². The Hall–Kier alpha value is 0.390. The van der Waals surface area contributed by atoms with Crippen LogP contribution in [0.2, 0.25) is 0 Å². The summed E-state index contributed by atoms with van der Waals surface area (Å²) in [7, 11) is 2.73. The van der Waals surface area contributed by atoms with Crippen molar-refractivity contribution in [3.8, 4) is 0 Å². The lowest BCUT2D eigenvalue weighted by Gasteiger charge is -1.86. The summed E-state index contributed by atoms with van der Waals surface area (Å²) >= 11 is 0. The highest BCUT2D eigenvalue weighted by molar-refractivity contribution is 7.16. The van der Waals surface area contributed by atoms with E-state index in [1.165, 1.54) is 25.4 Å². The maximum atomic E-state index is 2.73. The first-order chi connectivity index (χ1) is 2.91. The highest BCUT2D eigenvalue weighted by Crippen LogP contribution is 1.95. The van der Waals surface area contributed by atoms with E-state index in [4.69, 9.17) is 0 Å². The molecule has 1 atom stereocenters. The molecule has 1 nitrogen and oxygen atoms in total. The van der Waals surface area contributed by atoms with E-state index >= 15 is 0 Å². The van der Waals surface area contributed by atoms with Gasteiger partial charge >= 0.3 is 0 Å². The van der Waals surface area contributed by atoms with Crippen molar-refractivity contribution in [3.63, 3.8) is 0 Å². The Morgan fingerprint density at radius 2 is 1.86 bits per heavy atom. The second-order valence-electron chi connectivity index (χ2n) is 1.50. The molecule has 0 aliphatic carbocycles. The van der Waals surface area contributed by atoms with Crippen LogP contribution in [0.5, 0.6) is 0 Å². The lowest BCUT2D eigenvalue weighted by atomic mass is 10.3. The average molecular weight is 122 g/mol. The number of rotatable bonds is 3. The van der Waals surface area contributed by atoms with Gasteiger partial charge in [-0.05, 0) is 12.6 Å². The van der Waals surface area contributed by atoms with Crippen LogP contribution in [0.25, 0.3) is 0 Å². The molecule has 2 N–H and O–H groups in total. The first kappa shape index (κ1) is 10.4. The van der Waals surface area contributed by atoms with Crippen molar-refractivity contribution >= 4 is 9.24 Å². The highest BCUT2D eigenvalue weighted by Gasteiger charge is 1.75. The van der Waals surface area contributed by atoms with Crippen molar-refractivity contribution in [2.45, 2.75) is 26.2 Å². The zero-order chi connectivity index (χ0) is 4.83. The number of hydrogen-bond donors (Lipinski definition) is 0. The summed E-state index contributed by atoms with van der Waals surface area (Å²) in [6.45, 7) is 2.22. The molecule has 0 saturated heterocycles. The van der Waals surface area contributed by atoms with E-state index in [1.54, 1.807) is 0 Å². The predicted octanol–water partition coefficient (Wildman–Crippen LogP) is 1.23. The van der Waals surface area contributed by atoms with Gasteiger partial charge in [0.05, 0.1) is 0 Å². The molecule has 2 heteroatoms. The van der Waals surface area contributed by atoms with Crippen LogP contribution < -0.4 is 0 Å². The maximum Gasteiger partial charge on any atom is -0.0381 e. The lowest BCUT2D eigenvalue weighted by Crippen LogP contribution is -1.70. The third-order valence-corrected chi connectivity index (χ3v) is 1.22. The Bertz CT molecular complexity index is 20.0. The zero-order valence-corrected chi connectivity index (χ0v) is 6.06. The Balaban J connectivity index is 0. The molecule has 0 amide bonds. The SMILES string of the molecule is CCCCCP.O. The summed E-state index contributed by atoms with van der Waals surface area (Å²) < 4.78 is 0. The smallest absolute Gasteiger partial charge is 0.0381 e. The fourth-order valence-electron chi connectivity index (χ4n) is 0.394. The van der Waals surface area contributed by atoms with Gasteiger partial charge in [-0.25, -0.2) is 0 Å². The van der Waals surface area contributed by atoms with E-state index < -0.39 is 0 Å². The minimum Gasteiger partial charge on any atom is -0.412 e. The van der Waals surface area contributed by atoms with Gasteiger partial charge in [-0.2, -0.15) is 0 Å². The van der Waals surface area contributed by atoms with Crippen LogP contribution in [-0.2, 0) is 0 Å². The van der Waals surface area contributed by atoms with Crippen LogP contribution in [0.3, 0.4) is 0 Å². The second kappa shape index (κ2) is 9.63. The standard InChI is InChI=1S/C5H13P.H2O/c1-2-3-4-5-6;/h2-6H2,1H3;1H2. The summed E-state index contributed by atoms with van der Waals surface area (Å²) in [6, 6.07) is 0. The maximum absolute atomic E-state index is 2.73. The van der Waals surface area contributed by atoms with Crippen LogP contribution in [-0.4, -0.2) is 11.6 Å². The van der Waals surface area contributed by atoms with Crippen molar-refractivity contribution in [3.05, 3.63) is 0 Å². The van der Waals surface area contributed by atoms with Gasteiger partial charge in [0.2, 0.25) is 0 Å². The molecular weight excluding hydrogens is 107 g/mol. The van der Waals surface area contributed by atoms with Gasteiger partial charge in [0.15, 0.2) is 0 Å². The van der Waals surface area contributed by atoms with Gasteiger partial charge in [-0.15, -0.1) is 9.24 Å². The Morgan fingerprint density at radius 3 is 2.00 bits per heavy atom. The summed E-state index contributed by atoms with van der Waals surface area (Å²) in [4.78, 5) is 0. The molecule has 0 radical (unpaired) electrons. The van der Waals surface area contributed by atoms with Crippen molar-refractivity contribution in [1.29, 1.82) is 0 Å². The van der Waals surface area contributed by atoms with Crippen LogP contribution in [0.1, 0.15) is 26.2 Å². The fourth-order valence-corrected chi connectivity index (χ4v) is 0.683. The molecule has 0 spiro atoms. The van der Waals surface area contributed by atoms with Crippen molar-refractivity contribution < 1.29 is 5.48 Å². The predicted molar refractivity (Wildman–Crippen MR) is 37.7 cm³/mol. The van der Waals surface area contributed by atoms with E-state index in [1.807, 2.05) is 0 Å². The van der Waals surface area contributed by atoms with Gasteiger partial charge in [0.25, 0.3) is 0 Å². The zero-order valence-electron chi connectivity index (χ0n) is 4.91. The quantitative estimate of drug-likeness (QED) is 0.398. The van der Waals surface area contributed by atoms with Gasteiger partial charge in [-0.1, -0.05) is 19.8 Å². The minimum atomic E-state index is 0. The molecule has 46 valence electrons. The molecule has 1 unspecified atom stereocenters. The van der Waals surface area contributed by atoms with Crippen LogP contribution in [0.15, 0.2) is 0 Å². The molecule has 0 aliphatic rings. The van der Waals surface area contributed by atoms with Gasteiger partial charge in [0.1, 0.15) is 0 Å². The van der Waals surface area contributed by atoms with E-state index in [2.05, 4.69) is 16.2 Å². The molecular formula is C5H15OP. The molecule has 0 aromatic carbocycles. The summed E-state index contributed by atoms with van der Waals surface area (Å²) in [5.74, 6) is 0. The van der Waals surface area contributed by atoms with Crippen LogP contribution in [0, 0.1) is 0 Å². The summed E-state index contributed by atoms with van der Waals surface area (Å²) in [5.41, 5.74) is 0. The van der Waals surface area contributed by atoms with Crippen molar-refractivity contribution in [2.75, 3.05) is 6.16 Å². The fraction of sp³-hybridized carbons (Fsp3) is 1.00. The third-order valence-electron chi connectivity index (χ3n) is 0.808. The second-order valence-corrected chi connectivity index (χ2v) is 2.07. The van der Waals surface area contributed by atoms with E-state index in [0.717, 1.165) is 0 Å². The first-order valence-electron chi connectivity index (χ1n) is 2.62. The first-order valence-corrected chi connectivity index (χ1v) is 3.43. The molecule has 7 heavy (non-hydrogen) atoms. The normalized spacial score (nSPS) is 7.71. The van der Waals surface area contributed by atoms with Crippen LogP contribution in [0.4, 0.5) is 0 Å². The highest BCUT2D eigenvalue weighted by atomic mass is 31.0. The topological polar surface area (TPSA) is 31.5 Å². The van der Waals surface area contributed by atoms with Gasteiger partial charge < -0.3 is 5.48 Å².